The number of benzene rings is 1. The van der Waals surface area contributed by atoms with Gasteiger partial charge in [0.2, 0.25) is 0 Å². The van der Waals surface area contributed by atoms with Gasteiger partial charge in [0.15, 0.2) is 11.5 Å². The van der Waals surface area contributed by atoms with Gasteiger partial charge in [-0.1, -0.05) is 0 Å². The number of nitrogens with zero attached hydrogens (tertiary/aromatic N) is 1. The maximum absolute atomic E-state index is 12.1. The summed E-state index contributed by atoms with van der Waals surface area (Å²) in [6, 6.07) is 4.11. The molecule has 0 aromatic heterocycles. The number of hydrogen-bond donors (Lipinski definition) is 3. The Morgan fingerprint density at radius 2 is 2.12 bits per heavy atom. The third-order valence-corrected chi connectivity index (χ3v) is 2.97. The van der Waals surface area contributed by atoms with Crippen molar-refractivity contribution in [3.05, 3.63) is 23.8 Å². The molecule has 2 rings (SSSR count). The van der Waals surface area contributed by atoms with Crippen LogP contribution < -0.4 is 5.73 Å². The zero-order valence-electron chi connectivity index (χ0n) is 9.47. The van der Waals surface area contributed by atoms with Gasteiger partial charge in [0.1, 0.15) is 0 Å². The Bertz CT molecular complexity index is 434. The van der Waals surface area contributed by atoms with E-state index >= 15 is 0 Å². The van der Waals surface area contributed by atoms with Crippen molar-refractivity contribution in [2.45, 2.75) is 18.9 Å². The number of aromatic hydroxyl groups is 2. The first-order valence-electron chi connectivity index (χ1n) is 5.65. The predicted octanol–water partition coefficient (Wildman–Crippen LogP) is 0.661. The van der Waals surface area contributed by atoms with Gasteiger partial charge < -0.3 is 20.8 Å². The van der Waals surface area contributed by atoms with E-state index < -0.39 is 0 Å². The summed E-state index contributed by atoms with van der Waals surface area (Å²) in [5, 5.41) is 18.5. The highest BCUT2D eigenvalue weighted by molar-refractivity contribution is 5.95. The number of carbonyl (C=O) groups is 1. The fraction of sp³-hybridized carbons (Fsp3) is 0.417. The van der Waals surface area contributed by atoms with Gasteiger partial charge in [-0.3, -0.25) is 4.79 Å². The molecule has 1 aromatic carbocycles. The van der Waals surface area contributed by atoms with Crippen molar-refractivity contribution in [1.29, 1.82) is 0 Å². The van der Waals surface area contributed by atoms with Gasteiger partial charge in [-0.15, -0.1) is 0 Å². The highest BCUT2D eigenvalue weighted by atomic mass is 16.3. The minimum Gasteiger partial charge on any atom is -0.504 e. The minimum absolute atomic E-state index is 0.0263. The molecule has 0 aliphatic carbocycles. The monoisotopic (exact) mass is 236 g/mol. The Labute approximate surface area is 99.5 Å². The molecule has 1 fully saturated rings. The Morgan fingerprint density at radius 1 is 1.35 bits per heavy atom. The first kappa shape index (κ1) is 11.7. The highest BCUT2D eigenvalue weighted by Gasteiger charge is 2.22. The quantitative estimate of drug-likeness (QED) is 0.625. The van der Waals surface area contributed by atoms with E-state index in [1.165, 1.54) is 18.2 Å². The zero-order chi connectivity index (χ0) is 12.4. The summed E-state index contributed by atoms with van der Waals surface area (Å²) in [7, 11) is 0. The molecule has 0 unspecified atom stereocenters. The van der Waals surface area contributed by atoms with Gasteiger partial charge in [-0.25, -0.2) is 0 Å². The largest absolute Gasteiger partial charge is 0.504 e. The Balaban J connectivity index is 2.15. The summed E-state index contributed by atoms with van der Waals surface area (Å²) >= 11 is 0. The second-order valence-corrected chi connectivity index (χ2v) is 4.36. The lowest BCUT2D eigenvalue weighted by atomic mass is 10.1. The number of hydrogen-bond acceptors (Lipinski definition) is 4. The van der Waals surface area contributed by atoms with Gasteiger partial charge in [0, 0.05) is 24.7 Å². The topological polar surface area (TPSA) is 86.8 Å². The van der Waals surface area contributed by atoms with Crippen molar-refractivity contribution in [3.63, 3.8) is 0 Å². The van der Waals surface area contributed by atoms with E-state index in [4.69, 9.17) is 5.73 Å². The SMILES string of the molecule is N[C@@H]1CCCN(C(=O)c2ccc(O)c(O)c2)C1. The zero-order valence-corrected chi connectivity index (χ0v) is 9.47. The number of rotatable bonds is 1. The van der Waals surface area contributed by atoms with Crippen molar-refractivity contribution in [2.75, 3.05) is 13.1 Å². The molecule has 1 aromatic rings. The first-order valence-corrected chi connectivity index (χ1v) is 5.65. The Hall–Kier alpha value is -1.75. The van der Waals surface area contributed by atoms with Crippen molar-refractivity contribution < 1.29 is 15.0 Å². The first-order chi connectivity index (χ1) is 8.08. The molecule has 5 heteroatoms. The third-order valence-electron chi connectivity index (χ3n) is 2.97. The van der Waals surface area contributed by atoms with Crippen LogP contribution in [0.2, 0.25) is 0 Å². The van der Waals surface area contributed by atoms with Crippen LogP contribution in [0, 0.1) is 0 Å². The molecule has 17 heavy (non-hydrogen) atoms. The van der Waals surface area contributed by atoms with Crippen LogP contribution in [-0.4, -0.2) is 40.2 Å². The molecule has 1 heterocycles. The van der Waals surface area contributed by atoms with Crippen LogP contribution in [0.1, 0.15) is 23.2 Å². The van der Waals surface area contributed by atoms with Crippen LogP contribution in [0.15, 0.2) is 18.2 Å². The molecular formula is C12H16N2O3. The average Bonchev–Trinajstić information content (AvgIpc) is 2.32. The van der Waals surface area contributed by atoms with Crippen LogP contribution in [0.4, 0.5) is 0 Å². The molecule has 4 N–H and O–H groups in total. The molecule has 92 valence electrons. The van der Waals surface area contributed by atoms with Gasteiger partial charge >= 0.3 is 0 Å². The second-order valence-electron chi connectivity index (χ2n) is 4.36. The van der Waals surface area contributed by atoms with Crippen molar-refractivity contribution in [1.82, 2.24) is 4.90 Å². The van der Waals surface area contributed by atoms with Gasteiger partial charge in [0.05, 0.1) is 0 Å². The molecule has 1 amide bonds. The van der Waals surface area contributed by atoms with E-state index in [9.17, 15) is 15.0 Å². The number of likely N-dealkylation sites (tertiary alicyclic amines) is 1. The lowest BCUT2D eigenvalue weighted by Gasteiger charge is -2.30. The predicted molar refractivity (Wildman–Crippen MR) is 62.9 cm³/mol. The van der Waals surface area contributed by atoms with Gasteiger partial charge in [-0.05, 0) is 31.0 Å². The number of phenols is 2. The molecule has 5 nitrogen and oxygen atoms in total. The lowest BCUT2D eigenvalue weighted by Crippen LogP contribution is -2.45. The van der Waals surface area contributed by atoms with E-state index in [2.05, 4.69) is 0 Å². The summed E-state index contributed by atoms with van der Waals surface area (Å²) in [4.78, 5) is 13.8. The fourth-order valence-corrected chi connectivity index (χ4v) is 2.03. The average molecular weight is 236 g/mol. The van der Waals surface area contributed by atoms with E-state index in [1.54, 1.807) is 4.90 Å². The summed E-state index contributed by atoms with van der Waals surface area (Å²) < 4.78 is 0. The summed E-state index contributed by atoms with van der Waals surface area (Å²) in [5.41, 5.74) is 6.18. The van der Waals surface area contributed by atoms with Gasteiger partial charge in [-0.2, -0.15) is 0 Å². The number of piperidine rings is 1. The molecule has 0 radical (unpaired) electrons. The fourth-order valence-electron chi connectivity index (χ4n) is 2.03. The molecule has 0 spiro atoms. The molecular weight excluding hydrogens is 220 g/mol. The normalized spacial score (nSPS) is 20.3. The van der Waals surface area contributed by atoms with E-state index in [0.717, 1.165) is 12.8 Å². The molecule has 1 aliphatic heterocycles. The van der Waals surface area contributed by atoms with Crippen LogP contribution in [0.3, 0.4) is 0 Å². The van der Waals surface area contributed by atoms with Crippen molar-refractivity contribution in [2.24, 2.45) is 5.73 Å². The standard InChI is InChI=1S/C12H16N2O3/c13-9-2-1-5-14(7-9)12(17)8-3-4-10(15)11(16)6-8/h3-4,6,9,15-16H,1-2,5,7,13H2/t9-/m1/s1. The molecule has 1 aliphatic rings. The van der Waals surface area contributed by atoms with Gasteiger partial charge in [0.25, 0.3) is 5.91 Å². The summed E-state index contributed by atoms with van der Waals surface area (Å²) in [6.07, 6.45) is 1.83. The number of carbonyl (C=O) groups excluding carboxylic acids is 1. The highest BCUT2D eigenvalue weighted by Crippen LogP contribution is 2.25. The van der Waals surface area contributed by atoms with Crippen LogP contribution >= 0.6 is 0 Å². The Kier molecular flexibility index (Phi) is 3.19. The van der Waals surface area contributed by atoms with Crippen molar-refractivity contribution >= 4 is 5.91 Å². The number of amides is 1. The minimum atomic E-state index is -0.280. The van der Waals surface area contributed by atoms with E-state index in [-0.39, 0.29) is 23.4 Å². The van der Waals surface area contributed by atoms with E-state index in [1.807, 2.05) is 0 Å². The molecule has 0 saturated carbocycles. The molecule has 0 bridgehead atoms. The maximum atomic E-state index is 12.1. The van der Waals surface area contributed by atoms with E-state index in [0.29, 0.717) is 18.7 Å². The van der Waals surface area contributed by atoms with Crippen LogP contribution in [0.5, 0.6) is 11.5 Å². The number of phenolic OH excluding ortho intramolecular Hbond substituents is 2. The molecule has 1 saturated heterocycles. The van der Waals surface area contributed by atoms with Crippen LogP contribution in [0.25, 0.3) is 0 Å². The van der Waals surface area contributed by atoms with Crippen LogP contribution in [-0.2, 0) is 0 Å². The lowest BCUT2D eigenvalue weighted by molar-refractivity contribution is 0.0708. The third kappa shape index (κ3) is 2.50. The molecule has 1 atom stereocenters. The smallest absolute Gasteiger partial charge is 0.254 e. The summed E-state index contributed by atoms with van der Waals surface area (Å²) in [5.74, 6) is -0.662. The Morgan fingerprint density at radius 3 is 2.76 bits per heavy atom. The second kappa shape index (κ2) is 4.63. The maximum Gasteiger partial charge on any atom is 0.254 e. The summed E-state index contributed by atoms with van der Waals surface area (Å²) in [6.45, 7) is 1.23. The van der Waals surface area contributed by atoms with Crippen molar-refractivity contribution in [3.8, 4) is 11.5 Å². The number of nitrogens with two attached hydrogens (primary N) is 1.